The van der Waals surface area contributed by atoms with E-state index >= 15 is 0 Å². The molecule has 2 aromatic carbocycles. The number of nitro groups is 1. The summed E-state index contributed by atoms with van der Waals surface area (Å²) in [6, 6.07) is 15.7. The average Bonchev–Trinajstić information content (AvgIpc) is 2.69. The fourth-order valence-electron chi connectivity index (χ4n) is 2.29. The van der Waals surface area contributed by atoms with Gasteiger partial charge in [-0.1, -0.05) is 0 Å². The van der Waals surface area contributed by atoms with Gasteiger partial charge >= 0.3 is 5.97 Å². The summed E-state index contributed by atoms with van der Waals surface area (Å²) < 4.78 is 10.5. The standard InChI is InChI=1S/C19H15N3O5/c1-2-26-16-9-5-13(6-10-16)17-11-12-18(21-20-17)27-19(23)14-3-7-15(8-4-14)22(24)25/h3-12H,2H2,1H3. The van der Waals surface area contributed by atoms with Crippen molar-refractivity contribution in [1.82, 2.24) is 10.2 Å². The fourth-order valence-corrected chi connectivity index (χ4v) is 2.29. The molecule has 0 amide bonds. The number of esters is 1. The molecule has 136 valence electrons. The second kappa shape index (κ2) is 8.05. The lowest BCUT2D eigenvalue weighted by atomic mass is 10.1. The zero-order chi connectivity index (χ0) is 19.2. The van der Waals surface area contributed by atoms with Crippen molar-refractivity contribution in [3.63, 3.8) is 0 Å². The van der Waals surface area contributed by atoms with Crippen LogP contribution in [0.25, 0.3) is 11.3 Å². The molecule has 0 spiro atoms. The van der Waals surface area contributed by atoms with E-state index < -0.39 is 10.9 Å². The summed E-state index contributed by atoms with van der Waals surface area (Å²) in [5.74, 6) is 0.129. The maximum absolute atomic E-state index is 12.1. The molecule has 8 nitrogen and oxygen atoms in total. The second-order valence-corrected chi connectivity index (χ2v) is 5.41. The molecular weight excluding hydrogens is 350 g/mol. The highest BCUT2D eigenvalue weighted by atomic mass is 16.6. The van der Waals surface area contributed by atoms with E-state index in [0.717, 1.165) is 11.3 Å². The molecule has 27 heavy (non-hydrogen) atoms. The number of benzene rings is 2. The lowest BCUT2D eigenvalue weighted by molar-refractivity contribution is -0.384. The Morgan fingerprint density at radius 2 is 1.70 bits per heavy atom. The van der Waals surface area contributed by atoms with E-state index in [1.807, 2.05) is 31.2 Å². The van der Waals surface area contributed by atoms with Gasteiger partial charge in [-0.15, -0.1) is 10.2 Å². The zero-order valence-corrected chi connectivity index (χ0v) is 14.4. The van der Waals surface area contributed by atoms with Gasteiger partial charge in [0.2, 0.25) is 5.88 Å². The van der Waals surface area contributed by atoms with Crippen LogP contribution in [-0.2, 0) is 0 Å². The normalized spacial score (nSPS) is 10.3. The van der Waals surface area contributed by atoms with E-state index in [1.165, 1.54) is 30.3 Å². The smallest absolute Gasteiger partial charge is 0.344 e. The Bertz CT molecular complexity index is 939. The second-order valence-electron chi connectivity index (χ2n) is 5.41. The Balaban J connectivity index is 1.68. The summed E-state index contributed by atoms with van der Waals surface area (Å²) in [6.45, 7) is 2.50. The van der Waals surface area contributed by atoms with Gasteiger partial charge in [-0.3, -0.25) is 10.1 Å². The number of non-ortho nitro benzene ring substituents is 1. The van der Waals surface area contributed by atoms with Gasteiger partial charge in [-0.25, -0.2) is 4.79 Å². The average molecular weight is 365 g/mol. The number of rotatable bonds is 6. The van der Waals surface area contributed by atoms with Crippen LogP contribution in [-0.4, -0.2) is 27.7 Å². The molecular formula is C19H15N3O5. The molecule has 0 aliphatic rings. The fraction of sp³-hybridized carbons (Fsp3) is 0.105. The summed E-state index contributed by atoms with van der Waals surface area (Å²) in [6.07, 6.45) is 0. The molecule has 1 heterocycles. The number of nitro benzene ring substituents is 1. The molecule has 3 aromatic rings. The number of nitrogens with zero attached hydrogens (tertiary/aromatic N) is 3. The van der Waals surface area contributed by atoms with Crippen molar-refractivity contribution in [3.05, 3.63) is 76.3 Å². The van der Waals surface area contributed by atoms with Gasteiger partial charge in [0.05, 0.1) is 22.8 Å². The summed E-state index contributed by atoms with van der Waals surface area (Å²) in [7, 11) is 0. The molecule has 0 atom stereocenters. The number of hydrogen-bond donors (Lipinski definition) is 0. The van der Waals surface area contributed by atoms with Gasteiger partial charge in [0.1, 0.15) is 5.75 Å². The van der Waals surface area contributed by atoms with E-state index in [9.17, 15) is 14.9 Å². The van der Waals surface area contributed by atoms with Crippen LogP contribution in [0.1, 0.15) is 17.3 Å². The van der Waals surface area contributed by atoms with Crippen molar-refractivity contribution in [2.45, 2.75) is 6.92 Å². The minimum atomic E-state index is -0.673. The lowest BCUT2D eigenvalue weighted by Crippen LogP contribution is -2.10. The minimum absolute atomic E-state index is 0.0352. The zero-order valence-electron chi connectivity index (χ0n) is 14.4. The lowest BCUT2D eigenvalue weighted by Gasteiger charge is -2.06. The summed E-state index contributed by atoms with van der Waals surface area (Å²) >= 11 is 0. The third kappa shape index (κ3) is 4.43. The molecule has 0 saturated carbocycles. The van der Waals surface area contributed by atoms with E-state index in [1.54, 1.807) is 6.07 Å². The quantitative estimate of drug-likeness (QED) is 0.373. The van der Waals surface area contributed by atoms with Crippen LogP contribution in [0.4, 0.5) is 5.69 Å². The van der Waals surface area contributed by atoms with Crippen molar-refractivity contribution >= 4 is 11.7 Å². The molecule has 8 heteroatoms. The summed E-state index contributed by atoms with van der Waals surface area (Å²) in [4.78, 5) is 22.2. The van der Waals surface area contributed by atoms with Crippen LogP contribution in [0.2, 0.25) is 0 Å². The molecule has 0 fully saturated rings. The van der Waals surface area contributed by atoms with Gasteiger partial charge in [0.25, 0.3) is 5.69 Å². The van der Waals surface area contributed by atoms with Gasteiger partial charge < -0.3 is 9.47 Å². The topological polar surface area (TPSA) is 104 Å². The Hall–Kier alpha value is -3.81. The van der Waals surface area contributed by atoms with Gasteiger partial charge in [0.15, 0.2) is 0 Å². The van der Waals surface area contributed by atoms with Gasteiger partial charge in [-0.2, -0.15) is 0 Å². The summed E-state index contributed by atoms with van der Waals surface area (Å²) in [5, 5.41) is 18.6. The first-order valence-corrected chi connectivity index (χ1v) is 8.10. The first-order valence-electron chi connectivity index (χ1n) is 8.10. The van der Waals surface area contributed by atoms with Gasteiger partial charge in [0, 0.05) is 23.8 Å². The van der Waals surface area contributed by atoms with Crippen LogP contribution in [0.3, 0.4) is 0 Å². The maximum atomic E-state index is 12.1. The van der Waals surface area contributed by atoms with Crippen LogP contribution in [0, 0.1) is 10.1 Å². The van der Waals surface area contributed by atoms with E-state index in [0.29, 0.717) is 12.3 Å². The van der Waals surface area contributed by atoms with Gasteiger partial charge in [-0.05, 0) is 49.4 Å². The Kier molecular flexibility index (Phi) is 5.36. The van der Waals surface area contributed by atoms with E-state index in [4.69, 9.17) is 9.47 Å². The highest BCUT2D eigenvalue weighted by Crippen LogP contribution is 2.21. The van der Waals surface area contributed by atoms with Crippen LogP contribution >= 0.6 is 0 Å². The van der Waals surface area contributed by atoms with Crippen molar-refractivity contribution in [2.75, 3.05) is 6.61 Å². The molecule has 0 aliphatic heterocycles. The third-order valence-electron chi connectivity index (χ3n) is 3.61. The van der Waals surface area contributed by atoms with E-state index in [2.05, 4.69) is 10.2 Å². The predicted octanol–water partition coefficient (Wildman–Crippen LogP) is 3.67. The molecule has 0 N–H and O–H groups in total. The first kappa shape index (κ1) is 18.0. The van der Waals surface area contributed by atoms with E-state index in [-0.39, 0.29) is 17.1 Å². The Labute approximate surface area is 154 Å². The number of aromatic nitrogens is 2. The number of carbonyl (C=O) groups excluding carboxylic acids is 1. The van der Waals surface area contributed by atoms with Crippen LogP contribution in [0.5, 0.6) is 11.6 Å². The largest absolute Gasteiger partial charge is 0.494 e. The molecule has 0 unspecified atom stereocenters. The maximum Gasteiger partial charge on any atom is 0.344 e. The molecule has 0 saturated heterocycles. The predicted molar refractivity (Wildman–Crippen MR) is 96.7 cm³/mol. The SMILES string of the molecule is CCOc1ccc(-c2ccc(OC(=O)c3ccc([N+](=O)[O-])cc3)nn2)cc1. The number of hydrogen-bond acceptors (Lipinski definition) is 7. The highest BCUT2D eigenvalue weighted by molar-refractivity contribution is 5.91. The third-order valence-corrected chi connectivity index (χ3v) is 3.61. The molecule has 0 bridgehead atoms. The highest BCUT2D eigenvalue weighted by Gasteiger charge is 2.12. The molecule has 0 radical (unpaired) electrons. The Morgan fingerprint density at radius 3 is 2.26 bits per heavy atom. The van der Waals surface area contributed by atoms with Crippen molar-refractivity contribution < 1.29 is 19.2 Å². The summed E-state index contributed by atoms with van der Waals surface area (Å²) in [5.41, 5.74) is 1.54. The minimum Gasteiger partial charge on any atom is -0.494 e. The molecule has 0 aliphatic carbocycles. The number of ether oxygens (including phenoxy) is 2. The number of carbonyl (C=O) groups is 1. The Morgan fingerprint density at radius 1 is 1.00 bits per heavy atom. The van der Waals surface area contributed by atoms with Crippen LogP contribution < -0.4 is 9.47 Å². The monoisotopic (exact) mass is 365 g/mol. The molecule has 3 rings (SSSR count). The first-order chi connectivity index (χ1) is 13.1. The molecule has 1 aromatic heterocycles. The van der Waals surface area contributed by atoms with Crippen molar-refractivity contribution in [1.29, 1.82) is 0 Å². The van der Waals surface area contributed by atoms with Crippen molar-refractivity contribution in [3.8, 4) is 22.9 Å². The van der Waals surface area contributed by atoms with Crippen molar-refractivity contribution in [2.24, 2.45) is 0 Å². The van der Waals surface area contributed by atoms with Crippen LogP contribution in [0.15, 0.2) is 60.7 Å².